The van der Waals surface area contributed by atoms with Crippen LogP contribution in [-0.2, 0) is 11.2 Å². The third kappa shape index (κ3) is 2.63. The minimum absolute atomic E-state index is 0.0806. The highest BCUT2D eigenvalue weighted by atomic mass is 16.5. The third-order valence-electron chi connectivity index (χ3n) is 3.31. The number of carbonyl (C=O) groups excluding carboxylic acids is 1. The van der Waals surface area contributed by atoms with E-state index in [2.05, 4.69) is 20.8 Å². The Hall–Kier alpha value is -1.43. The molecule has 2 N–H and O–H groups in total. The summed E-state index contributed by atoms with van der Waals surface area (Å²) in [6.45, 7) is 3.49. The van der Waals surface area contributed by atoms with Crippen LogP contribution in [0.5, 0.6) is 0 Å². The highest BCUT2D eigenvalue weighted by Crippen LogP contribution is 2.22. The predicted octanol–water partition coefficient (Wildman–Crippen LogP) is 0.260. The van der Waals surface area contributed by atoms with Gasteiger partial charge in [-0.15, -0.1) is 0 Å². The van der Waals surface area contributed by atoms with Crippen LogP contribution in [0.1, 0.15) is 32.1 Å². The molecule has 0 radical (unpaired) electrons. The normalized spacial score (nSPS) is 23.8. The van der Waals surface area contributed by atoms with E-state index in [0.717, 1.165) is 25.8 Å². The maximum Gasteiger partial charge on any atom is 0.240 e. The molecule has 2 rings (SSSR count). The van der Waals surface area contributed by atoms with Crippen LogP contribution in [0.15, 0.2) is 10.9 Å². The highest BCUT2D eigenvalue weighted by molar-refractivity contribution is 5.86. The summed E-state index contributed by atoms with van der Waals surface area (Å²) in [4.78, 5) is 16.0. The van der Waals surface area contributed by atoms with Crippen molar-refractivity contribution in [1.82, 2.24) is 20.8 Å². The van der Waals surface area contributed by atoms with Gasteiger partial charge in [0.15, 0.2) is 6.33 Å². The summed E-state index contributed by atoms with van der Waals surface area (Å²) in [6.07, 6.45) is 4.73. The summed E-state index contributed by atoms with van der Waals surface area (Å²) < 4.78 is 4.86. The first-order valence-electron chi connectivity index (χ1n) is 6.06. The Morgan fingerprint density at radius 2 is 2.59 bits per heavy atom. The second-order valence-electron chi connectivity index (χ2n) is 4.31. The molecule has 0 aliphatic carbocycles. The first kappa shape index (κ1) is 12.0. The van der Waals surface area contributed by atoms with Crippen molar-refractivity contribution < 1.29 is 9.32 Å². The summed E-state index contributed by atoms with van der Waals surface area (Å²) in [5.41, 5.74) is -0.366. The molecule has 17 heavy (non-hydrogen) atoms. The van der Waals surface area contributed by atoms with E-state index in [1.807, 2.05) is 6.92 Å². The number of amides is 1. The van der Waals surface area contributed by atoms with Crippen LogP contribution >= 0.6 is 0 Å². The summed E-state index contributed by atoms with van der Waals surface area (Å²) in [5, 5.41) is 9.74. The van der Waals surface area contributed by atoms with Crippen molar-refractivity contribution in [1.29, 1.82) is 0 Å². The molecular formula is C11H18N4O2. The van der Waals surface area contributed by atoms with Crippen molar-refractivity contribution in [2.24, 2.45) is 0 Å². The molecule has 1 unspecified atom stereocenters. The van der Waals surface area contributed by atoms with Gasteiger partial charge in [-0.1, -0.05) is 12.1 Å². The standard InChI is InChI=1S/C11H18N4O2/c1-2-11(5-3-6-14-11)10(16)12-7-4-9-13-8-15-17-9/h8,14H,2-7H2,1H3,(H,12,16). The minimum Gasteiger partial charge on any atom is -0.354 e. The van der Waals surface area contributed by atoms with Crippen LogP contribution in [0.25, 0.3) is 0 Å². The molecule has 94 valence electrons. The molecule has 2 heterocycles. The molecule has 1 aromatic rings. The molecule has 0 spiro atoms. The van der Waals surface area contributed by atoms with Gasteiger partial charge in [-0.3, -0.25) is 4.79 Å². The number of aromatic nitrogens is 2. The lowest BCUT2D eigenvalue weighted by atomic mass is 9.93. The Morgan fingerprint density at radius 3 is 3.18 bits per heavy atom. The zero-order valence-electron chi connectivity index (χ0n) is 10.0. The molecule has 1 fully saturated rings. The number of hydrogen-bond acceptors (Lipinski definition) is 5. The lowest BCUT2D eigenvalue weighted by Gasteiger charge is -2.26. The van der Waals surface area contributed by atoms with Crippen LogP contribution in [0.2, 0.25) is 0 Å². The zero-order valence-corrected chi connectivity index (χ0v) is 10.0. The molecule has 0 aromatic carbocycles. The van der Waals surface area contributed by atoms with E-state index in [1.54, 1.807) is 0 Å². The number of rotatable bonds is 5. The SMILES string of the molecule is CCC1(C(=O)NCCc2ncno2)CCCN1. The van der Waals surface area contributed by atoms with Crippen LogP contribution in [0.4, 0.5) is 0 Å². The second-order valence-corrected chi connectivity index (χ2v) is 4.31. The average Bonchev–Trinajstić information content (AvgIpc) is 3.00. The van der Waals surface area contributed by atoms with Gasteiger partial charge in [0.05, 0.1) is 5.54 Å². The average molecular weight is 238 g/mol. The summed E-state index contributed by atoms with van der Waals surface area (Å²) in [5.74, 6) is 0.632. The molecule has 0 saturated carbocycles. The summed E-state index contributed by atoms with van der Waals surface area (Å²) in [6, 6.07) is 0. The van der Waals surface area contributed by atoms with Gasteiger partial charge in [0.25, 0.3) is 0 Å². The third-order valence-corrected chi connectivity index (χ3v) is 3.31. The van der Waals surface area contributed by atoms with E-state index in [4.69, 9.17) is 4.52 Å². The van der Waals surface area contributed by atoms with Gasteiger partial charge >= 0.3 is 0 Å². The van der Waals surface area contributed by atoms with Gasteiger partial charge < -0.3 is 15.2 Å². The van der Waals surface area contributed by atoms with Crippen LogP contribution in [0.3, 0.4) is 0 Å². The Bertz CT molecular complexity index is 358. The molecule has 1 saturated heterocycles. The van der Waals surface area contributed by atoms with Crippen molar-refractivity contribution >= 4 is 5.91 Å². The molecular weight excluding hydrogens is 220 g/mol. The van der Waals surface area contributed by atoms with Crippen molar-refractivity contribution in [2.75, 3.05) is 13.1 Å². The molecule has 1 amide bonds. The van der Waals surface area contributed by atoms with E-state index >= 15 is 0 Å². The van der Waals surface area contributed by atoms with Gasteiger partial charge in [0, 0.05) is 13.0 Å². The first-order valence-corrected chi connectivity index (χ1v) is 6.06. The van der Waals surface area contributed by atoms with Crippen molar-refractivity contribution in [2.45, 2.75) is 38.1 Å². The van der Waals surface area contributed by atoms with E-state index < -0.39 is 0 Å². The van der Waals surface area contributed by atoms with E-state index in [0.29, 0.717) is 18.9 Å². The first-order chi connectivity index (χ1) is 8.27. The molecule has 1 aliphatic rings. The summed E-state index contributed by atoms with van der Waals surface area (Å²) in [7, 11) is 0. The molecule has 1 aromatic heterocycles. The quantitative estimate of drug-likeness (QED) is 0.769. The smallest absolute Gasteiger partial charge is 0.240 e. The van der Waals surface area contributed by atoms with E-state index in [-0.39, 0.29) is 11.4 Å². The minimum atomic E-state index is -0.366. The zero-order chi connectivity index (χ0) is 12.1. The van der Waals surface area contributed by atoms with Crippen LogP contribution < -0.4 is 10.6 Å². The Morgan fingerprint density at radius 1 is 1.71 bits per heavy atom. The fourth-order valence-electron chi connectivity index (χ4n) is 2.22. The van der Waals surface area contributed by atoms with Crippen molar-refractivity contribution in [3.63, 3.8) is 0 Å². The van der Waals surface area contributed by atoms with E-state index in [1.165, 1.54) is 6.33 Å². The van der Waals surface area contributed by atoms with Crippen LogP contribution in [-0.4, -0.2) is 34.7 Å². The monoisotopic (exact) mass is 238 g/mol. The van der Waals surface area contributed by atoms with Crippen LogP contribution in [0, 0.1) is 0 Å². The fourth-order valence-corrected chi connectivity index (χ4v) is 2.22. The highest BCUT2D eigenvalue weighted by Gasteiger charge is 2.38. The van der Waals surface area contributed by atoms with E-state index in [9.17, 15) is 4.79 Å². The largest absolute Gasteiger partial charge is 0.354 e. The maximum absolute atomic E-state index is 12.1. The predicted molar refractivity (Wildman–Crippen MR) is 61.3 cm³/mol. The Labute approximate surface area is 100 Å². The fraction of sp³-hybridized carbons (Fsp3) is 0.727. The van der Waals surface area contributed by atoms with Gasteiger partial charge in [0.2, 0.25) is 11.8 Å². The number of carbonyl (C=O) groups is 1. The van der Waals surface area contributed by atoms with Gasteiger partial charge in [-0.2, -0.15) is 4.98 Å². The molecule has 0 bridgehead atoms. The Kier molecular flexibility index (Phi) is 3.73. The molecule has 1 atom stereocenters. The van der Waals surface area contributed by atoms with Crippen molar-refractivity contribution in [3.05, 3.63) is 12.2 Å². The number of nitrogens with zero attached hydrogens (tertiary/aromatic N) is 2. The lowest BCUT2D eigenvalue weighted by Crippen LogP contribution is -2.53. The van der Waals surface area contributed by atoms with Gasteiger partial charge in [0.1, 0.15) is 0 Å². The molecule has 1 aliphatic heterocycles. The number of nitrogens with one attached hydrogen (secondary N) is 2. The van der Waals surface area contributed by atoms with Gasteiger partial charge in [-0.25, -0.2) is 0 Å². The number of hydrogen-bond donors (Lipinski definition) is 2. The Balaban J connectivity index is 1.80. The van der Waals surface area contributed by atoms with Gasteiger partial charge in [-0.05, 0) is 25.8 Å². The molecule has 6 heteroatoms. The second kappa shape index (κ2) is 5.27. The summed E-state index contributed by atoms with van der Waals surface area (Å²) >= 11 is 0. The maximum atomic E-state index is 12.1. The van der Waals surface area contributed by atoms with Crippen molar-refractivity contribution in [3.8, 4) is 0 Å². The molecule has 6 nitrogen and oxygen atoms in total. The topological polar surface area (TPSA) is 80.1 Å². The lowest BCUT2D eigenvalue weighted by molar-refractivity contribution is -0.127.